The molecule has 142 valence electrons. The molecule has 4 N–H and O–H groups in total. The van der Waals surface area contributed by atoms with Gasteiger partial charge in [0.25, 0.3) is 5.91 Å². The molecule has 1 aromatic heterocycles. The van der Waals surface area contributed by atoms with E-state index in [2.05, 4.69) is 10.3 Å². The normalized spacial score (nSPS) is 21.2. The molecule has 1 unspecified atom stereocenters. The topological polar surface area (TPSA) is 108 Å². The van der Waals surface area contributed by atoms with Gasteiger partial charge in [0.1, 0.15) is 10.6 Å². The van der Waals surface area contributed by atoms with Gasteiger partial charge in [0.05, 0.1) is 5.54 Å². The molecule has 2 heterocycles. The van der Waals surface area contributed by atoms with E-state index in [1.165, 1.54) is 16.6 Å². The maximum absolute atomic E-state index is 12.6. The highest BCUT2D eigenvalue weighted by atomic mass is 35.5. The van der Waals surface area contributed by atoms with Crippen LogP contribution in [-0.4, -0.2) is 60.3 Å². The molecule has 25 heavy (non-hydrogen) atoms. The summed E-state index contributed by atoms with van der Waals surface area (Å²) in [6, 6.07) is 1.41. The first-order valence-electron chi connectivity index (χ1n) is 8.16. The molecule has 1 aliphatic carbocycles. The lowest BCUT2D eigenvalue weighted by Crippen LogP contribution is -2.53. The van der Waals surface area contributed by atoms with Crippen LogP contribution >= 0.6 is 24.2 Å². The van der Waals surface area contributed by atoms with Crippen molar-refractivity contribution in [3.8, 4) is 0 Å². The van der Waals surface area contributed by atoms with E-state index in [-0.39, 0.29) is 28.9 Å². The molecule has 0 spiro atoms. The van der Waals surface area contributed by atoms with Gasteiger partial charge in [-0.25, -0.2) is 8.42 Å². The van der Waals surface area contributed by atoms with E-state index in [1.54, 1.807) is 11.8 Å². The molecule has 10 heteroatoms. The molecule has 1 saturated carbocycles. The standard InChI is InChI=1S/C15H24N4O3S2.ClH/c1-15(10-16,11-2-3-11)18-14(20)13-8-12(9-17-13)24(21,22)19-4-6-23-7-5-19;/h8-9,11,17H,2-7,10,16H2,1H3,(H,18,20);1H. The van der Waals surface area contributed by atoms with Gasteiger partial charge in [-0.1, -0.05) is 0 Å². The minimum atomic E-state index is -3.54. The number of nitrogens with one attached hydrogen (secondary N) is 2. The molecule has 3 rings (SSSR count). The number of carbonyl (C=O) groups excluding carboxylic acids is 1. The number of amides is 1. The van der Waals surface area contributed by atoms with Crippen LogP contribution in [0.4, 0.5) is 0 Å². The van der Waals surface area contributed by atoms with Crippen LogP contribution in [0.3, 0.4) is 0 Å². The maximum Gasteiger partial charge on any atom is 0.268 e. The number of rotatable bonds is 6. The third kappa shape index (κ3) is 4.33. The minimum absolute atomic E-state index is 0. The number of thioether (sulfide) groups is 1. The SMILES string of the molecule is CC(CN)(NC(=O)c1cc(S(=O)(=O)N2CCSCC2)c[nH]1)C1CC1.Cl. The average molecular weight is 409 g/mol. The Labute approximate surface area is 158 Å². The number of aromatic nitrogens is 1. The molecule has 1 aliphatic heterocycles. The summed E-state index contributed by atoms with van der Waals surface area (Å²) >= 11 is 1.75. The Kier molecular flexibility index (Phi) is 6.48. The Hall–Kier alpha value is -0.740. The molecule has 0 radical (unpaired) electrons. The number of hydrogen-bond donors (Lipinski definition) is 3. The number of hydrogen-bond acceptors (Lipinski definition) is 5. The van der Waals surface area contributed by atoms with Crippen molar-refractivity contribution in [2.75, 3.05) is 31.1 Å². The summed E-state index contributed by atoms with van der Waals surface area (Å²) in [6.07, 6.45) is 3.51. The number of halogens is 1. The fourth-order valence-electron chi connectivity index (χ4n) is 2.96. The highest BCUT2D eigenvalue weighted by molar-refractivity contribution is 7.99. The number of sulfonamides is 1. The van der Waals surface area contributed by atoms with Gasteiger partial charge in [-0.05, 0) is 31.7 Å². The highest BCUT2D eigenvalue weighted by Crippen LogP contribution is 2.39. The minimum Gasteiger partial charge on any atom is -0.356 e. The van der Waals surface area contributed by atoms with Gasteiger partial charge in [0, 0.05) is 37.3 Å². The van der Waals surface area contributed by atoms with E-state index in [1.807, 2.05) is 6.92 Å². The van der Waals surface area contributed by atoms with Crippen LogP contribution in [0.25, 0.3) is 0 Å². The molecule has 0 aromatic carbocycles. The Morgan fingerprint density at radius 2 is 2.08 bits per heavy atom. The van der Waals surface area contributed by atoms with Crippen LogP contribution in [0.2, 0.25) is 0 Å². The predicted octanol–water partition coefficient (Wildman–Crippen LogP) is 1.03. The summed E-state index contributed by atoms with van der Waals surface area (Å²) in [5.41, 5.74) is 5.63. The molecule has 2 aliphatic rings. The van der Waals surface area contributed by atoms with Crippen molar-refractivity contribution in [2.24, 2.45) is 11.7 Å². The molecule has 1 aromatic rings. The monoisotopic (exact) mass is 408 g/mol. The first-order valence-corrected chi connectivity index (χ1v) is 10.8. The maximum atomic E-state index is 12.6. The predicted molar refractivity (Wildman–Crippen MR) is 102 cm³/mol. The first-order chi connectivity index (χ1) is 11.4. The van der Waals surface area contributed by atoms with Crippen molar-refractivity contribution in [1.82, 2.24) is 14.6 Å². The summed E-state index contributed by atoms with van der Waals surface area (Å²) in [4.78, 5) is 15.4. The first kappa shape index (κ1) is 20.6. The van der Waals surface area contributed by atoms with E-state index in [0.29, 0.717) is 25.6 Å². The molecule has 1 saturated heterocycles. The van der Waals surface area contributed by atoms with E-state index < -0.39 is 15.6 Å². The lowest BCUT2D eigenvalue weighted by Gasteiger charge is -2.29. The zero-order valence-corrected chi connectivity index (χ0v) is 16.6. The quantitative estimate of drug-likeness (QED) is 0.651. The Morgan fingerprint density at radius 1 is 1.44 bits per heavy atom. The van der Waals surface area contributed by atoms with Gasteiger partial charge in [0.15, 0.2) is 0 Å². The van der Waals surface area contributed by atoms with E-state index in [9.17, 15) is 13.2 Å². The van der Waals surface area contributed by atoms with Crippen molar-refractivity contribution in [3.05, 3.63) is 18.0 Å². The van der Waals surface area contributed by atoms with Crippen LogP contribution in [0.5, 0.6) is 0 Å². The number of nitrogens with two attached hydrogens (primary N) is 1. The Balaban J connectivity index is 0.00000225. The van der Waals surface area contributed by atoms with Crippen molar-refractivity contribution in [2.45, 2.75) is 30.2 Å². The third-order valence-electron chi connectivity index (χ3n) is 4.81. The fourth-order valence-corrected chi connectivity index (χ4v) is 5.53. The van der Waals surface area contributed by atoms with Gasteiger partial charge in [-0.15, -0.1) is 12.4 Å². The van der Waals surface area contributed by atoms with Gasteiger partial charge < -0.3 is 16.0 Å². The van der Waals surface area contributed by atoms with E-state index >= 15 is 0 Å². The molecule has 1 atom stereocenters. The summed E-state index contributed by atoms with van der Waals surface area (Å²) in [5.74, 6) is 1.68. The second kappa shape index (κ2) is 7.87. The van der Waals surface area contributed by atoms with Gasteiger partial charge in [0.2, 0.25) is 10.0 Å². The fraction of sp³-hybridized carbons (Fsp3) is 0.667. The van der Waals surface area contributed by atoms with Crippen molar-refractivity contribution < 1.29 is 13.2 Å². The largest absolute Gasteiger partial charge is 0.356 e. The lowest BCUT2D eigenvalue weighted by molar-refractivity contribution is 0.0893. The smallest absolute Gasteiger partial charge is 0.268 e. The van der Waals surface area contributed by atoms with Crippen molar-refractivity contribution >= 4 is 40.1 Å². The second-order valence-corrected chi connectivity index (χ2v) is 9.78. The van der Waals surface area contributed by atoms with Crippen LogP contribution in [0.15, 0.2) is 17.2 Å². The third-order valence-corrected chi connectivity index (χ3v) is 7.63. The Morgan fingerprint density at radius 3 is 2.64 bits per heavy atom. The van der Waals surface area contributed by atoms with Crippen LogP contribution in [0, 0.1) is 5.92 Å². The summed E-state index contributed by atoms with van der Waals surface area (Å²) in [5, 5.41) is 2.96. The molecule has 0 bridgehead atoms. The number of aromatic amines is 1. The number of H-pyrrole nitrogens is 1. The van der Waals surface area contributed by atoms with E-state index in [0.717, 1.165) is 24.3 Å². The van der Waals surface area contributed by atoms with Gasteiger partial charge in [-0.3, -0.25) is 4.79 Å². The lowest BCUT2D eigenvalue weighted by atomic mass is 9.96. The van der Waals surface area contributed by atoms with Crippen molar-refractivity contribution in [3.63, 3.8) is 0 Å². The van der Waals surface area contributed by atoms with Gasteiger partial charge >= 0.3 is 0 Å². The van der Waals surface area contributed by atoms with Crippen LogP contribution < -0.4 is 11.1 Å². The number of carbonyl (C=O) groups is 1. The van der Waals surface area contributed by atoms with Crippen LogP contribution in [0.1, 0.15) is 30.3 Å². The molecular formula is C15H25ClN4O3S2. The summed E-state index contributed by atoms with van der Waals surface area (Å²) in [6.45, 7) is 3.31. The van der Waals surface area contributed by atoms with Crippen LogP contribution in [-0.2, 0) is 10.0 Å². The summed E-state index contributed by atoms with van der Waals surface area (Å²) < 4.78 is 26.7. The average Bonchev–Trinajstić information content (AvgIpc) is 3.32. The molecule has 2 fully saturated rings. The molecule has 1 amide bonds. The highest BCUT2D eigenvalue weighted by Gasteiger charge is 2.42. The zero-order chi connectivity index (χ0) is 17.4. The zero-order valence-electron chi connectivity index (χ0n) is 14.2. The molecule has 7 nitrogen and oxygen atoms in total. The number of nitrogens with zero attached hydrogens (tertiary/aromatic N) is 1. The second-order valence-electron chi connectivity index (χ2n) is 6.62. The molecular weight excluding hydrogens is 384 g/mol. The Bertz CT molecular complexity index is 714. The van der Waals surface area contributed by atoms with Gasteiger partial charge in [-0.2, -0.15) is 16.1 Å². The summed E-state index contributed by atoms with van der Waals surface area (Å²) in [7, 11) is -3.54. The van der Waals surface area contributed by atoms with E-state index in [4.69, 9.17) is 5.73 Å². The van der Waals surface area contributed by atoms with Crippen molar-refractivity contribution in [1.29, 1.82) is 0 Å².